The molecule has 2 aromatic heterocycles. The molecule has 0 aliphatic heterocycles. The van der Waals surface area contributed by atoms with Crippen LogP contribution in [0.3, 0.4) is 0 Å². The summed E-state index contributed by atoms with van der Waals surface area (Å²) < 4.78 is 15.0. The number of hydrogen-bond acceptors (Lipinski definition) is 5. The summed E-state index contributed by atoms with van der Waals surface area (Å²) in [5, 5.41) is 8.44. The van der Waals surface area contributed by atoms with Crippen molar-refractivity contribution in [1.29, 1.82) is 0 Å². The van der Waals surface area contributed by atoms with Crippen molar-refractivity contribution in [2.24, 2.45) is 5.92 Å². The van der Waals surface area contributed by atoms with Crippen LogP contribution in [0.25, 0.3) is 16.2 Å². The highest BCUT2D eigenvalue weighted by Crippen LogP contribution is 2.30. The number of carbonyl (C=O) groups excluding carboxylic acids is 3. The van der Waals surface area contributed by atoms with Gasteiger partial charge in [0.15, 0.2) is 4.96 Å². The van der Waals surface area contributed by atoms with Crippen molar-refractivity contribution in [2.45, 2.75) is 19.8 Å². The van der Waals surface area contributed by atoms with Crippen molar-refractivity contribution in [2.75, 3.05) is 18.4 Å². The molecule has 2 heterocycles. The summed E-state index contributed by atoms with van der Waals surface area (Å²) in [6.07, 6.45) is 3.69. The zero-order chi connectivity index (χ0) is 25.2. The molecule has 0 spiro atoms. The molecule has 0 unspecified atom stereocenters. The lowest BCUT2D eigenvalue weighted by molar-refractivity contribution is -0.117. The van der Waals surface area contributed by atoms with Gasteiger partial charge in [0.05, 0.1) is 5.69 Å². The standard InChI is InChI=1S/C26H24FN5O3S/c1-15-22(36-26-31-21(14-32(15)26)16-4-8-19(27)9-5-16)25(35)29-13-12-28-23(33)17-6-10-20(11-7-17)30-24(34)18-2-3-18/h4-11,14,18H,2-3,12-13H2,1H3,(H,28,33)(H,29,35)(H,30,34). The fourth-order valence-electron chi connectivity index (χ4n) is 3.75. The minimum absolute atomic E-state index is 0.0190. The average molecular weight is 506 g/mol. The van der Waals surface area contributed by atoms with Gasteiger partial charge in [-0.15, -0.1) is 0 Å². The second-order valence-corrected chi connectivity index (χ2v) is 9.63. The van der Waals surface area contributed by atoms with E-state index in [-0.39, 0.29) is 42.5 Å². The van der Waals surface area contributed by atoms with Crippen LogP contribution in [0, 0.1) is 18.7 Å². The number of halogens is 1. The van der Waals surface area contributed by atoms with E-state index in [0.29, 0.717) is 26.8 Å². The van der Waals surface area contributed by atoms with Crippen molar-refractivity contribution in [1.82, 2.24) is 20.0 Å². The maximum atomic E-state index is 13.2. The van der Waals surface area contributed by atoms with Gasteiger partial charge in [-0.3, -0.25) is 18.8 Å². The predicted octanol–water partition coefficient (Wildman–Crippen LogP) is 4.02. The number of amides is 3. The number of nitrogens with zero attached hydrogens (tertiary/aromatic N) is 2. The molecule has 3 N–H and O–H groups in total. The number of rotatable bonds is 8. The van der Waals surface area contributed by atoms with E-state index < -0.39 is 0 Å². The highest BCUT2D eigenvalue weighted by Gasteiger charge is 2.29. The van der Waals surface area contributed by atoms with E-state index in [0.717, 1.165) is 24.1 Å². The number of carbonyl (C=O) groups is 3. The van der Waals surface area contributed by atoms with Gasteiger partial charge in [-0.2, -0.15) is 0 Å². The quantitative estimate of drug-likeness (QED) is 0.315. The van der Waals surface area contributed by atoms with Crippen LogP contribution in [0.1, 0.15) is 38.6 Å². The molecule has 184 valence electrons. The lowest BCUT2D eigenvalue weighted by Crippen LogP contribution is -2.34. The summed E-state index contributed by atoms with van der Waals surface area (Å²) in [4.78, 5) is 42.7. The number of aromatic nitrogens is 2. The molecule has 1 saturated carbocycles. The van der Waals surface area contributed by atoms with Gasteiger partial charge in [0, 0.05) is 47.7 Å². The molecular weight excluding hydrogens is 481 g/mol. The Labute approximate surface area is 210 Å². The Morgan fingerprint density at radius 3 is 2.31 bits per heavy atom. The summed E-state index contributed by atoms with van der Waals surface area (Å²) >= 11 is 1.27. The smallest absolute Gasteiger partial charge is 0.263 e. The van der Waals surface area contributed by atoms with E-state index in [1.54, 1.807) is 36.4 Å². The van der Waals surface area contributed by atoms with Crippen LogP contribution >= 0.6 is 11.3 Å². The fourth-order valence-corrected chi connectivity index (χ4v) is 4.78. The predicted molar refractivity (Wildman–Crippen MR) is 136 cm³/mol. The van der Waals surface area contributed by atoms with E-state index in [9.17, 15) is 18.8 Å². The van der Waals surface area contributed by atoms with Gasteiger partial charge in [0.1, 0.15) is 10.7 Å². The van der Waals surface area contributed by atoms with Gasteiger partial charge in [-0.25, -0.2) is 9.37 Å². The molecule has 4 aromatic rings. The number of benzene rings is 2. The first kappa shape index (κ1) is 23.7. The molecule has 3 amide bonds. The molecule has 10 heteroatoms. The third-order valence-electron chi connectivity index (χ3n) is 5.96. The fraction of sp³-hybridized carbons (Fsp3) is 0.231. The largest absolute Gasteiger partial charge is 0.350 e. The summed E-state index contributed by atoms with van der Waals surface area (Å²) in [5.41, 5.74) is 3.39. The Morgan fingerprint density at radius 2 is 1.67 bits per heavy atom. The average Bonchev–Trinajstić information content (AvgIpc) is 3.58. The van der Waals surface area contributed by atoms with Crippen molar-refractivity contribution in [3.63, 3.8) is 0 Å². The number of hydrogen-bond donors (Lipinski definition) is 3. The molecule has 36 heavy (non-hydrogen) atoms. The van der Waals surface area contributed by atoms with Crippen LogP contribution < -0.4 is 16.0 Å². The molecular formula is C26H24FN5O3S. The van der Waals surface area contributed by atoms with Crippen LogP contribution in [-0.4, -0.2) is 40.2 Å². The number of nitrogens with one attached hydrogen (secondary N) is 3. The molecule has 0 saturated heterocycles. The number of imidazole rings is 1. The summed E-state index contributed by atoms with van der Waals surface area (Å²) in [6, 6.07) is 12.8. The van der Waals surface area contributed by atoms with Crippen LogP contribution in [0.4, 0.5) is 10.1 Å². The van der Waals surface area contributed by atoms with Crippen LogP contribution in [-0.2, 0) is 4.79 Å². The lowest BCUT2D eigenvalue weighted by Gasteiger charge is -2.08. The summed E-state index contributed by atoms with van der Waals surface area (Å²) in [6.45, 7) is 2.37. The van der Waals surface area contributed by atoms with Crippen molar-refractivity contribution in [3.05, 3.63) is 76.7 Å². The van der Waals surface area contributed by atoms with Gasteiger partial charge in [0.2, 0.25) is 5.91 Å². The van der Waals surface area contributed by atoms with Crippen LogP contribution in [0.2, 0.25) is 0 Å². The molecule has 0 atom stereocenters. The molecule has 1 fully saturated rings. The molecule has 8 nitrogen and oxygen atoms in total. The van der Waals surface area contributed by atoms with Crippen molar-refractivity contribution in [3.8, 4) is 11.3 Å². The first-order valence-electron chi connectivity index (χ1n) is 11.6. The number of thiazole rings is 1. The maximum absolute atomic E-state index is 13.2. The highest BCUT2D eigenvalue weighted by molar-refractivity contribution is 7.19. The van der Waals surface area contributed by atoms with Gasteiger partial charge < -0.3 is 16.0 Å². The normalized spacial score (nSPS) is 12.9. The molecule has 5 rings (SSSR count). The van der Waals surface area contributed by atoms with E-state index in [2.05, 4.69) is 20.9 Å². The van der Waals surface area contributed by atoms with Gasteiger partial charge in [-0.1, -0.05) is 11.3 Å². The van der Waals surface area contributed by atoms with E-state index in [4.69, 9.17) is 0 Å². The van der Waals surface area contributed by atoms with Gasteiger partial charge in [-0.05, 0) is 68.3 Å². The number of anilines is 1. The SMILES string of the molecule is Cc1c(C(=O)NCCNC(=O)c2ccc(NC(=O)C3CC3)cc2)sc2nc(-c3ccc(F)cc3)cn12. The second kappa shape index (κ2) is 9.90. The second-order valence-electron chi connectivity index (χ2n) is 8.65. The molecule has 1 aliphatic rings. The highest BCUT2D eigenvalue weighted by atomic mass is 32.1. The van der Waals surface area contributed by atoms with E-state index >= 15 is 0 Å². The number of aryl methyl sites for hydroxylation is 1. The zero-order valence-corrected chi connectivity index (χ0v) is 20.3. The molecule has 0 bridgehead atoms. The Balaban J connectivity index is 1.12. The Hall–Kier alpha value is -4.05. The molecule has 0 radical (unpaired) electrons. The van der Waals surface area contributed by atoms with E-state index in [1.165, 1.54) is 23.5 Å². The topological polar surface area (TPSA) is 105 Å². The third kappa shape index (κ3) is 5.13. The Kier molecular flexibility index (Phi) is 6.51. The van der Waals surface area contributed by atoms with Gasteiger partial charge >= 0.3 is 0 Å². The first-order valence-corrected chi connectivity index (χ1v) is 12.4. The van der Waals surface area contributed by atoms with Crippen LogP contribution in [0.5, 0.6) is 0 Å². The van der Waals surface area contributed by atoms with Gasteiger partial charge in [0.25, 0.3) is 11.8 Å². The minimum Gasteiger partial charge on any atom is -0.350 e. The van der Waals surface area contributed by atoms with E-state index in [1.807, 2.05) is 17.5 Å². The molecule has 1 aliphatic carbocycles. The molecule has 2 aromatic carbocycles. The maximum Gasteiger partial charge on any atom is 0.263 e. The lowest BCUT2D eigenvalue weighted by atomic mass is 10.2. The zero-order valence-electron chi connectivity index (χ0n) is 19.5. The first-order chi connectivity index (χ1) is 17.4. The Morgan fingerprint density at radius 1 is 1.00 bits per heavy atom. The summed E-state index contributed by atoms with van der Waals surface area (Å²) in [5.74, 6) is -0.672. The minimum atomic E-state index is -0.307. The van der Waals surface area contributed by atoms with Crippen molar-refractivity contribution < 1.29 is 18.8 Å². The van der Waals surface area contributed by atoms with Crippen molar-refractivity contribution >= 4 is 39.7 Å². The summed E-state index contributed by atoms with van der Waals surface area (Å²) in [7, 11) is 0. The Bertz CT molecular complexity index is 1440. The monoisotopic (exact) mass is 505 g/mol. The third-order valence-corrected chi connectivity index (χ3v) is 7.12. The van der Waals surface area contributed by atoms with Crippen LogP contribution in [0.15, 0.2) is 54.7 Å². The number of fused-ring (bicyclic) bond motifs is 1.